The van der Waals surface area contributed by atoms with Crippen molar-refractivity contribution in [1.29, 1.82) is 0 Å². The second-order valence-electron chi connectivity index (χ2n) is 6.84. The summed E-state index contributed by atoms with van der Waals surface area (Å²) in [5.74, 6) is -0.160. The van der Waals surface area contributed by atoms with Crippen molar-refractivity contribution in [3.8, 4) is 11.5 Å². The fourth-order valence-electron chi connectivity index (χ4n) is 3.10. The normalized spacial score (nSPS) is 14.5. The first-order valence-electron chi connectivity index (χ1n) is 9.47. The number of nitrogens with zero attached hydrogens (tertiary/aromatic N) is 3. The number of rotatable bonds is 6. The summed E-state index contributed by atoms with van der Waals surface area (Å²) >= 11 is 9.94. The summed E-state index contributed by atoms with van der Waals surface area (Å²) in [6, 6.07) is 16.9. The van der Waals surface area contributed by atoms with Crippen LogP contribution in [0.4, 0.5) is 17.1 Å². The summed E-state index contributed by atoms with van der Waals surface area (Å²) < 4.78 is 6.84. The zero-order valence-electron chi connectivity index (χ0n) is 16.9. The average molecular weight is 558 g/mol. The van der Waals surface area contributed by atoms with Crippen molar-refractivity contribution in [3.63, 3.8) is 0 Å². The van der Waals surface area contributed by atoms with Gasteiger partial charge in [-0.2, -0.15) is 0 Å². The predicted molar refractivity (Wildman–Crippen MR) is 136 cm³/mol. The number of nitro benzene ring substituents is 2. The first kappa shape index (κ1) is 23.5. The number of ether oxygens (including phenoxy) is 1. The Labute approximate surface area is 210 Å². The number of halogens is 1. The van der Waals surface area contributed by atoms with Gasteiger partial charge in [-0.3, -0.25) is 29.9 Å². The minimum atomic E-state index is -0.751. The molecular formula is C22H12BrN3O6S2. The molecule has 3 aromatic rings. The Balaban J connectivity index is 1.60. The van der Waals surface area contributed by atoms with E-state index in [1.54, 1.807) is 48.5 Å². The highest BCUT2D eigenvalue weighted by atomic mass is 79.9. The number of thioether (sulfide) groups is 1. The summed E-state index contributed by atoms with van der Waals surface area (Å²) in [6.07, 6.45) is 1.65. The molecule has 0 atom stereocenters. The summed E-state index contributed by atoms with van der Waals surface area (Å²) in [5.41, 5.74) is 0.300. The van der Waals surface area contributed by atoms with Crippen LogP contribution in [0.25, 0.3) is 6.08 Å². The molecule has 0 bridgehead atoms. The van der Waals surface area contributed by atoms with E-state index in [-0.39, 0.29) is 17.4 Å². The van der Waals surface area contributed by atoms with Gasteiger partial charge in [-0.1, -0.05) is 58.1 Å². The van der Waals surface area contributed by atoms with Crippen LogP contribution >= 0.6 is 39.9 Å². The van der Waals surface area contributed by atoms with Gasteiger partial charge in [0.15, 0.2) is 4.32 Å². The monoisotopic (exact) mass is 557 g/mol. The number of hydrogen-bond donors (Lipinski definition) is 0. The predicted octanol–water partition coefficient (Wildman–Crippen LogP) is 6.46. The molecule has 1 aliphatic rings. The minimum Gasteiger partial charge on any atom is -0.450 e. The van der Waals surface area contributed by atoms with Crippen LogP contribution in [0.3, 0.4) is 0 Å². The number of carbonyl (C=O) groups excluding carboxylic acids is 1. The van der Waals surface area contributed by atoms with Crippen molar-refractivity contribution in [2.45, 2.75) is 0 Å². The van der Waals surface area contributed by atoms with E-state index in [1.165, 1.54) is 11.0 Å². The lowest BCUT2D eigenvalue weighted by Crippen LogP contribution is -2.27. The molecule has 1 fully saturated rings. The number of hydrogen-bond acceptors (Lipinski definition) is 8. The van der Waals surface area contributed by atoms with Crippen LogP contribution in [0.2, 0.25) is 0 Å². The van der Waals surface area contributed by atoms with Crippen LogP contribution < -0.4 is 9.64 Å². The van der Waals surface area contributed by atoms with E-state index in [9.17, 15) is 25.0 Å². The Kier molecular flexibility index (Phi) is 6.72. The van der Waals surface area contributed by atoms with Gasteiger partial charge in [0.25, 0.3) is 11.6 Å². The fourth-order valence-corrected chi connectivity index (χ4v) is 4.79. The molecular weight excluding hydrogens is 546 g/mol. The molecule has 0 N–H and O–H groups in total. The quantitative estimate of drug-likeness (QED) is 0.146. The van der Waals surface area contributed by atoms with Gasteiger partial charge in [0.05, 0.1) is 26.5 Å². The largest absolute Gasteiger partial charge is 0.450 e. The Morgan fingerprint density at radius 3 is 2.47 bits per heavy atom. The zero-order chi connectivity index (χ0) is 24.4. The molecule has 34 heavy (non-hydrogen) atoms. The number of nitro groups is 2. The number of anilines is 1. The van der Waals surface area contributed by atoms with Gasteiger partial charge in [0, 0.05) is 10.5 Å². The third kappa shape index (κ3) is 4.98. The molecule has 170 valence electrons. The molecule has 12 heteroatoms. The van der Waals surface area contributed by atoms with Crippen LogP contribution in [0.1, 0.15) is 5.56 Å². The van der Waals surface area contributed by atoms with E-state index in [4.69, 9.17) is 17.0 Å². The van der Waals surface area contributed by atoms with Gasteiger partial charge in [0.1, 0.15) is 5.75 Å². The summed E-state index contributed by atoms with van der Waals surface area (Å²) in [7, 11) is 0. The van der Waals surface area contributed by atoms with Crippen molar-refractivity contribution < 1.29 is 19.4 Å². The molecule has 0 unspecified atom stereocenters. The van der Waals surface area contributed by atoms with E-state index in [1.807, 2.05) is 6.07 Å². The Hall–Kier alpha value is -3.61. The number of carbonyl (C=O) groups is 1. The van der Waals surface area contributed by atoms with Gasteiger partial charge in [-0.15, -0.1) is 0 Å². The summed E-state index contributed by atoms with van der Waals surface area (Å²) in [4.78, 5) is 35.6. The average Bonchev–Trinajstić information content (AvgIpc) is 3.06. The van der Waals surface area contributed by atoms with E-state index >= 15 is 0 Å². The van der Waals surface area contributed by atoms with Crippen LogP contribution in [0.15, 0.2) is 76.1 Å². The van der Waals surface area contributed by atoms with Crippen molar-refractivity contribution >= 4 is 73.3 Å². The first-order valence-corrected chi connectivity index (χ1v) is 11.5. The van der Waals surface area contributed by atoms with E-state index in [0.717, 1.165) is 28.4 Å². The minimum absolute atomic E-state index is 0.145. The van der Waals surface area contributed by atoms with Crippen LogP contribution in [-0.4, -0.2) is 20.1 Å². The maximum absolute atomic E-state index is 13.0. The first-order chi connectivity index (χ1) is 16.2. The maximum Gasteiger partial charge on any atom is 0.318 e. The van der Waals surface area contributed by atoms with Gasteiger partial charge in [-0.25, -0.2) is 0 Å². The third-order valence-corrected chi connectivity index (χ3v) is 6.39. The molecule has 0 aliphatic carbocycles. The lowest BCUT2D eigenvalue weighted by molar-refractivity contribution is -0.394. The smallest absolute Gasteiger partial charge is 0.318 e. The van der Waals surface area contributed by atoms with Crippen molar-refractivity contribution in [2.75, 3.05) is 4.90 Å². The number of thiocarbonyl (C=S) groups is 1. The van der Waals surface area contributed by atoms with Gasteiger partial charge >= 0.3 is 5.69 Å². The van der Waals surface area contributed by atoms with Crippen LogP contribution in [0, 0.1) is 20.2 Å². The highest BCUT2D eigenvalue weighted by Gasteiger charge is 2.33. The molecule has 3 aromatic carbocycles. The maximum atomic E-state index is 13.0. The standard InChI is InChI=1S/C22H12BrN3O6S2/c23-14-4-2-5-15(11-14)24-21(27)20(34-22(24)33)10-13-3-1-6-17(9-13)32-19-8-7-16(25(28)29)12-18(19)26(30)31/h1-12H/b20-10+. The Morgan fingerprint density at radius 1 is 1.00 bits per heavy atom. The second kappa shape index (κ2) is 9.71. The highest BCUT2D eigenvalue weighted by molar-refractivity contribution is 9.10. The van der Waals surface area contributed by atoms with Crippen molar-refractivity contribution in [3.05, 3.63) is 102 Å². The lowest BCUT2D eigenvalue weighted by atomic mass is 10.2. The van der Waals surface area contributed by atoms with E-state index in [2.05, 4.69) is 15.9 Å². The third-order valence-electron chi connectivity index (χ3n) is 4.59. The zero-order valence-corrected chi connectivity index (χ0v) is 20.1. The molecule has 0 aromatic heterocycles. The second-order valence-corrected chi connectivity index (χ2v) is 9.43. The SMILES string of the molecule is O=C1/C(=C\c2cccc(Oc3ccc([N+](=O)[O-])cc3[N+](=O)[O-])c2)SC(=S)N1c1cccc(Br)c1. The Morgan fingerprint density at radius 2 is 1.76 bits per heavy atom. The molecule has 9 nitrogen and oxygen atoms in total. The Bertz CT molecular complexity index is 1390. The van der Waals surface area contributed by atoms with E-state index in [0.29, 0.717) is 20.5 Å². The van der Waals surface area contributed by atoms with Gasteiger partial charge < -0.3 is 4.74 Å². The number of non-ortho nitro benzene ring substituents is 1. The fraction of sp³-hybridized carbons (Fsp3) is 0. The molecule has 4 rings (SSSR count). The van der Waals surface area contributed by atoms with E-state index < -0.39 is 21.2 Å². The molecule has 0 saturated carbocycles. The lowest BCUT2D eigenvalue weighted by Gasteiger charge is -2.14. The van der Waals surface area contributed by atoms with Crippen LogP contribution in [-0.2, 0) is 4.79 Å². The summed E-state index contributed by atoms with van der Waals surface area (Å²) in [6.45, 7) is 0. The number of amides is 1. The van der Waals surface area contributed by atoms with Gasteiger partial charge in [-0.05, 0) is 48.0 Å². The number of benzene rings is 3. The van der Waals surface area contributed by atoms with Crippen LogP contribution in [0.5, 0.6) is 11.5 Å². The van der Waals surface area contributed by atoms with Crippen molar-refractivity contribution in [1.82, 2.24) is 0 Å². The molecule has 1 amide bonds. The molecule has 0 spiro atoms. The summed E-state index contributed by atoms with van der Waals surface area (Å²) in [5, 5.41) is 22.3. The van der Waals surface area contributed by atoms with Gasteiger partial charge in [0.2, 0.25) is 5.75 Å². The molecule has 1 saturated heterocycles. The molecule has 1 heterocycles. The topological polar surface area (TPSA) is 116 Å². The molecule has 0 radical (unpaired) electrons. The van der Waals surface area contributed by atoms with Crippen molar-refractivity contribution in [2.24, 2.45) is 0 Å². The highest BCUT2D eigenvalue weighted by Crippen LogP contribution is 2.38. The molecule has 1 aliphatic heterocycles.